The van der Waals surface area contributed by atoms with Crippen molar-refractivity contribution in [3.63, 3.8) is 0 Å². The number of aliphatic carboxylic acids is 2. The maximum Gasteiger partial charge on any atom is 0.320 e. The van der Waals surface area contributed by atoms with Gasteiger partial charge >= 0.3 is 11.9 Å². The number of halogens is 2. The Morgan fingerprint density at radius 2 is 1.46 bits per heavy atom. The second-order valence-electron chi connectivity index (χ2n) is 18.6. The molecule has 0 bridgehead atoms. The Morgan fingerprint density at radius 1 is 0.842 bits per heavy atom. The first-order valence-electron chi connectivity index (χ1n) is 25.3. The molecular weight excluding hydrogens is 993 g/mol. The third kappa shape index (κ3) is 22.7. The van der Waals surface area contributed by atoms with E-state index in [2.05, 4.69) is 26.6 Å². The topological polar surface area (TPSA) is 335 Å². The first-order valence-corrected chi connectivity index (χ1v) is 25.3. The van der Waals surface area contributed by atoms with E-state index in [0.717, 1.165) is 23.8 Å². The van der Waals surface area contributed by atoms with Gasteiger partial charge in [0.25, 0.3) is 0 Å². The quantitative estimate of drug-likeness (QED) is 0.0985. The number of nitrogens with zero attached hydrogens (tertiary/aromatic N) is 2. The van der Waals surface area contributed by atoms with Crippen LogP contribution in [0.1, 0.15) is 118 Å². The number of primary amides is 1. The number of amides is 7. The maximum atomic E-state index is 15.3. The number of nitrogens with one attached hydrogen (secondary N) is 5. The number of hydrogen-bond acceptors (Lipinski definition) is 11. The lowest BCUT2D eigenvalue weighted by Crippen LogP contribution is -2.57. The average Bonchev–Trinajstić information content (AvgIpc) is 3.78. The summed E-state index contributed by atoms with van der Waals surface area (Å²) in [4.78, 5) is 113. The number of aliphatic hydroxyl groups is 1. The molecule has 3 aromatic rings. The van der Waals surface area contributed by atoms with Crippen molar-refractivity contribution in [1.29, 1.82) is 0 Å². The minimum absolute atomic E-state index is 0.0116. The summed E-state index contributed by atoms with van der Waals surface area (Å²) in [5.74, 6) is -9.27. The van der Waals surface area contributed by atoms with Crippen LogP contribution in [-0.4, -0.2) is 129 Å². The van der Waals surface area contributed by atoms with Crippen molar-refractivity contribution >= 4 is 53.3 Å². The molecule has 6 atom stereocenters. The molecule has 23 heteroatoms. The molecule has 2 aromatic carbocycles. The molecule has 1 aromatic heterocycles. The molecule has 7 amide bonds. The molecule has 76 heavy (non-hydrogen) atoms. The number of nitrogens with two attached hydrogens (primary N) is 2. The van der Waals surface area contributed by atoms with Crippen LogP contribution in [0.3, 0.4) is 0 Å². The van der Waals surface area contributed by atoms with E-state index in [1.807, 2.05) is 97.2 Å². The summed E-state index contributed by atoms with van der Waals surface area (Å²) in [5, 5.41) is 39.3. The largest absolute Gasteiger partial charge is 0.481 e. The molecule has 0 spiro atoms. The lowest BCUT2D eigenvalue weighted by Gasteiger charge is -2.41. The molecule has 1 aliphatic heterocycles. The zero-order chi connectivity index (χ0) is 57.9. The summed E-state index contributed by atoms with van der Waals surface area (Å²) in [5.41, 5.74) is 11.3. The lowest BCUT2D eigenvalue weighted by atomic mass is 9.82. The van der Waals surface area contributed by atoms with Gasteiger partial charge in [-0.3, -0.25) is 43.2 Å². The molecule has 2 heterocycles. The molecule has 1 fully saturated rings. The molecule has 1 saturated heterocycles. The van der Waals surface area contributed by atoms with Gasteiger partial charge in [0.05, 0.1) is 25.6 Å². The van der Waals surface area contributed by atoms with E-state index in [1.165, 1.54) is 4.90 Å². The van der Waals surface area contributed by atoms with Gasteiger partial charge in [-0.25, -0.2) is 8.78 Å². The van der Waals surface area contributed by atoms with Gasteiger partial charge in [0.1, 0.15) is 36.4 Å². The molecule has 12 N–H and O–H groups in total. The monoisotopic (exact) mass is 1070 g/mol. The maximum absolute atomic E-state index is 15.3. The van der Waals surface area contributed by atoms with Gasteiger partial charge in [0.15, 0.2) is 0 Å². The number of aromatic nitrogens is 1. The standard InChI is InChI=1S/C44H58F2N8O8.C5H9NO4.2C2H6/c1-6-28-17-37(57)48-21-38(58)49-22-39(59)51-34(19-36(47)56)43(62)52-33(42(61)50-20-26(28)2)14-15-54(40(60)25-55)41(44(3,4)5)35-16-29(31-18-30(45)12-13-32(31)46)24-53(35)23-27-10-8-7-9-11-27;6-3(5(9)10)1-2-4(7)8;2*1-2/h7-13,16,18,24,26,28,33-34,41,55H,6,14-15,17,19-23,25H2,1-5H3,(H2,47,56)(H,48,57)(H,49,58)(H,50,61)(H,51,59)(H,52,62);3H,1-2,6H2,(H,7,8)(H,9,10);2*1-2H3/t;3-;;/m.1../s1. The molecule has 422 valence electrons. The van der Waals surface area contributed by atoms with Crippen LogP contribution in [-0.2, 0) is 49.7 Å². The van der Waals surface area contributed by atoms with Gasteiger partial charge in [-0.2, -0.15) is 0 Å². The molecule has 5 unspecified atom stereocenters. The Morgan fingerprint density at radius 3 is 2.03 bits per heavy atom. The number of carboxylic acids is 2. The van der Waals surface area contributed by atoms with Gasteiger partial charge < -0.3 is 62.8 Å². The Balaban J connectivity index is 0.00000183. The highest BCUT2D eigenvalue weighted by atomic mass is 19.1. The fourth-order valence-electron chi connectivity index (χ4n) is 8.00. The van der Waals surface area contributed by atoms with Crippen molar-refractivity contribution in [3.8, 4) is 11.1 Å². The summed E-state index contributed by atoms with van der Waals surface area (Å²) in [6, 6.07) is 9.19. The predicted octanol–water partition coefficient (Wildman–Crippen LogP) is 3.35. The van der Waals surface area contributed by atoms with Crippen molar-refractivity contribution in [2.45, 2.75) is 132 Å². The molecule has 0 aliphatic carbocycles. The van der Waals surface area contributed by atoms with Crippen LogP contribution < -0.4 is 38.1 Å². The Labute approximate surface area is 443 Å². The first kappa shape index (κ1) is 66.7. The number of benzene rings is 2. The van der Waals surface area contributed by atoms with Crippen molar-refractivity contribution in [2.75, 3.05) is 32.8 Å². The number of hydrogen-bond donors (Lipinski definition) is 10. The van der Waals surface area contributed by atoms with Crippen LogP contribution in [0.5, 0.6) is 0 Å². The summed E-state index contributed by atoms with van der Waals surface area (Å²) in [7, 11) is 0. The highest BCUT2D eigenvalue weighted by Gasteiger charge is 2.38. The molecule has 1 aliphatic rings. The van der Waals surface area contributed by atoms with Gasteiger partial charge in [0, 0.05) is 55.5 Å². The number of carboxylic acid groups (broad SMARTS) is 2. The number of rotatable bonds is 16. The zero-order valence-corrected chi connectivity index (χ0v) is 45.0. The lowest BCUT2D eigenvalue weighted by molar-refractivity contribution is -0.141. The number of carbonyl (C=O) groups is 9. The van der Waals surface area contributed by atoms with Gasteiger partial charge in [-0.15, -0.1) is 0 Å². The fraction of sp³-hybridized carbons (Fsp3) is 0.528. The van der Waals surface area contributed by atoms with Crippen LogP contribution in [0.4, 0.5) is 8.78 Å². The van der Waals surface area contributed by atoms with Crippen LogP contribution in [0.25, 0.3) is 11.1 Å². The average molecular weight is 1070 g/mol. The zero-order valence-electron chi connectivity index (χ0n) is 45.0. The highest BCUT2D eigenvalue weighted by molar-refractivity contribution is 5.96. The van der Waals surface area contributed by atoms with E-state index in [0.29, 0.717) is 17.7 Å². The van der Waals surface area contributed by atoms with Crippen molar-refractivity contribution in [1.82, 2.24) is 36.1 Å². The van der Waals surface area contributed by atoms with Gasteiger partial charge in [0.2, 0.25) is 41.4 Å². The van der Waals surface area contributed by atoms with E-state index in [4.69, 9.17) is 21.7 Å². The van der Waals surface area contributed by atoms with Crippen molar-refractivity contribution < 1.29 is 67.3 Å². The number of carbonyl (C=O) groups excluding carboxylic acids is 7. The fourth-order valence-corrected chi connectivity index (χ4v) is 8.00. The van der Waals surface area contributed by atoms with E-state index < -0.39 is 121 Å². The minimum atomic E-state index is -1.57. The van der Waals surface area contributed by atoms with E-state index in [-0.39, 0.29) is 62.7 Å². The van der Waals surface area contributed by atoms with Crippen molar-refractivity contribution in [2.24, 2.45) is 28.7 Å². The van der Waals surface area contributed by atoms with Crippen LogP contribution in [0.2, 0.25) is 0 Å². The molecule has 0 radical (unpaired) electrons. The highest BCUT2D eigenvalue weighted by Crippen LogP contribution is 2.41. The third-order valence-electron chi connectivity index (χ3n) is 11.8. The first-order chi connectivity index (χ1) is 35.8. The van der Waals surface area contributed by atoms with Crippen LogP contribution in [0, 0.1) is 28.9 Å². The van der Waals surface area contributed by atoms with E-state index in [9.17, 15) is 52.6 Å². The van der Waals surface area contributed by atoms with E-state index in [1.54, 1.807) is 12.3 Å². The molecule has 4 rings (SSSR count). The Hall–Kier alpha value is -7.27. The normalized spacial score (nSPS) is 18.4. The van der Waals surface area contributed by atoms with Gasteiger partial charge in [-0.05, 0) is 59.9 Å². The molecular formula is C53H79F2N9O12. The summed E-state index contributed by atoms with van der Waals surface area (Å²) in [6.45, 7) is 15.4. The van der Waals surface area contributed by atoms with Crippen molar-refractivity contribution in [3.05, 3.63) is 83.7 Å². The Bertz CT molecular complexity index is 2400. The van der Waals surface area contributed by atoms with Crippen LogP contribution in [0.15, 0.2) is 60.8 Å². The van der Waals surface area contributed by atoms with Crippen LogP contribution >= 0.6 is 0 Å². The number of aliphatic hydroxyl groups excluding tert-OH is 1. The SMILES string of the molecule is CC.CC.CCC1CC(=O)NCC(=O)NCC(=O)NC(CC(N)=O)C(=O)NC(CCN(C(=O)CO)C(c2cc(-c3cc(F)ccc3F)cn2Cc2ccccc2)C(C)(C)C)C(=O)NCC1C.N[C@H](CCC(=O)O)C(=O)O. The second kappa shape index (κ2) is 33.6. The predicted molar refractivity (Wildman–Crippen MR) is 280 cm³/mol. The summed E-state index contributed by atoms with van der Waals surface area (Å²) in [6.07, 6.45) is 1.12. The third-order valence-corrected chi connectivity index (χ3v) is 11.8. The smallest absolute Gasteiger partial charge is 0.320 e. The summed E-state index contributed by atoms with van der Waals surface area (Å²) < 4.78 is 31.6. The Kier molecular flexibility index (Phi) is 29.5. The van der Waals surface area contributed by atoms with Gasteiger partial charge in [-0.1, -0.05) is 99.1 Å². The van der Waals surface area contributed by atoms with E-state index >= 15 is 4.39 Å². The summed E-state index contributed by atoms with van der Waals surface area (Å²) >= 11 is 0. The molecule has 21 nitrogen and oxygen atoms in total. The second-order valence-corrected chi connectivity index (χ2v) is 18.6. The minimum Gasteiger partial charge on any atom is -0.481 e. The molecule has 0 saturated carbocycles.